The molecule has 3 rings (SSSR count). The number of aromatic hydroxyl groups is 1. The van der Waals surface area contributed by atoms with E-state index in [4.69, 9.17) is 0 Å². The smallest absolute Gasteiger partial charge is 0.251 e. The lowest BCUT2D eigenvalue weighted by atomic mass is 9.86. The Balaban J connectivity index is 2.03. The fraction of sp³-hybridized carbons (Fsp3) is 0.500. The number of phenols is 1. The van der Waals surface area contributed by atoms with Crippen molar-refractivity contribution < 1.29 is 14.7 Å². The molecule has 0 saturated carbocycles. The van der Waals surface area contributed by atoms with Gasteiger partial charge in [0.15, 0.2) is 0 Å². The summed E-state index contributed by atoms with van der Waals surface area (Å²) in [5, 5.41) is 16.8. The maximum absolute atomic E-state index is 13.8. The number of nitrogens with one attached hydrogen (secondary N) is 2. The second-order valence-corrected chi connectivity index (χ2v) is 10.4. The van der Waals surface area contributed by atoms with Gasteiger partial charge in [-0.05, 0) is 79.6 Å². The van der Waals surface area contributed by atoms with Crippen molar-refractivity contribution in [1.82, 2.24) is 10.2 Å². The number of phenolic OH excluding ortho intramolecular Hbond substituents is 1. The van der Waals surface area contributed by atoms with Crippen molar-refractivity contribution in [2.45, 2.75) is 73.9 Å². The predicted octanol–water partition coefficient (Wildman–Crippen LogP) is 4.93. The Bertz CT molecular complexity index is 1090. The summed E-state index contributed by atoms with van der Waals surface area (Å²) in [5.74, 6) is -0.0281. The zero-order chi connectivity index (χ0) is 25.2. The van der Waals surface area contributed by atoms with Crippen LogP contribution >= 0.6 is 0 Å². The Morgan fingerprint density at radius 2 is 1.82 bits per heavy atom. The van der Waals surface area contributed by atoms with Gasteiger partial charge in [-0.15, -0.1) is 0 Å². The van der Waals surface area contributed by atoms with E-state index in [1.807, 2.05) is 41.5 Å². The number of hydrogen-bond donors (Lipinski definition) is 3. The highest BCUT2D eigenvalue weighted by atomic mass is 16.3. The van der Waals surface area contributed by atoms with E-state index in [2.05, 4.69) is 35.8 Å². The van der Waals surface area contributed by atoms with Gasteiger partial charge < -0.3 is 20.6 Å². The van der Waals surface area contributed by atoms with Gasteiger partial charge in [0, 0.05) is 24.2 Å². The number of carbonyl (C=O) groups excluding carboxylic acids is 2. The number of aryl methyl sites for hydroxylation is 1. The molecule has 1 aliphatic heterocycles. The molecule has 0 radical (unpaired) electrons. The third-order valence-corrected chi connectivity index (χ3v) is 6.66. The number of anilines is 1. The largest absolute Gasteiger partial charge is 0.507 e. The summed E-state index contributed by atoms with van der Waals surface area (Å²) in [6, 6.07) is 7.35. The van der Waals surface area contributed by atoms with Crippen molar-refractivity contribution in [3.8, 4) is 5.75 Å². The highest BCUT2D eigenvalue weighted by Crippen LogP contribution is 2.36. The third-order valence-electron chi connectivity index (χ3n) is 6.66. The van der Waals surface area contributed by atoms with Crippen LogP contribution in [0.1, 0.15) is 73.5 Å². The van der Waals surface area contributed by atoms with E-state index in [-0.39, 0.29) is 17.6 Å². The van der Waals surface area contributed by atoms with E-state index in [1.54, 1.807) is 11.0 Å². The van der Waals surface area contributed by atoms with E-state index in [0.717, 1.165) is 53.7 Å². The molecule has 6 nitrogen and oxygen atoms in total. The van der Waals surface area contributed by atoms with E-state index >= 15 is 0 Å². The van der Waals surface area contributed by atoms with Gasteiger partial charge in [0.05, 0.1) is 0 Å². The van der Waals surface area contributed by atoms with Crippen molar-refractivity contribution in [3.63, 3.8) is 0 Å². The zero-order valence-corrected chi connectivity index (χ0v) is 21.6. The van der Waals surface area contributed by atoms with Crippen LogP contribution in [0.15, 0.2) is 24.3 Å². The van der Waals surface area contributed by atoms with Gasteiger partial charge in [0.2, 0.25) is 5.91 Å². The number of nitrogens with zero attached hydrogens (tertiary/aromatic N) is 1. The monoisotopic (exact) mass is 465 g/mol. The number of benzene rings is 2. The SMILES string of the molecule is CCCNCc1ccc2c(c1)C(C(=O)Nc1cc(C)c(O)c(C)c1C)N(C(=O)C(C)(C)C)CC2. The lowest BCUT2D eigenvalue weighted by Gasteiger charge is -2.40. The van der Waals surface area contributed by atoms with E-state index in [1.165, 1.54) is 0 Å². The topological polar surface area (TPSA) is 81.7 Å². The number of hydrogen-bond acceptors (Lipinski definition) is 4. The number of amides is 2. The average molecular weight is 466 g/mol. The maximum atomic E-state index is 13.8. The number of rotatable bonds is 6. The second kappa shape index (κ2) is 10.2. The average Bonchev–Trinajstić information content (AvgIpc) is 2.79. The molecule has 34 heavy (non-hydrogen) atoms. The molecule has 3 N–H and O–H groups in total. The third kappa shape index (κ3) is 5.27. The first kappa shape index (κ1) is 25.8. The summed E-state index contributed by atoms with van der Waals surface area (Å²) in [7, 11) is 0. The van der Waals surface area contributed by atoms with Crippen molar-refractivity contribution in [3.05, 3.63) is 57.6 Å². The molecule has 0 spiro atoms. The van der Waals surface area contributed by atoms with Crippen molar-refractivity contribution in [2.75, 3.05) is 18.4 Å². The fourth-order valence-electron chi connectivity index (χ4n) is 4.52. The summed E-state index contributed by atoms with van der Waals surface area (Å²) in [4.78, 5) is 29.0. The highest BCUT2D eigenvalue weighted by molar-refractivity contribution is 5.99. The Kier molecular flexibility index (Phi) is 7.71. The molecule has 0 bridgehead atoms. The fourth-order valence-corrected chi connectivity index (χ4v) is 4.52. The highest BCUT2D eigenvalue weighted by Gasteiger charge is 2.40. The molecular formula is C28H39N3O3. The standard InChI is InChI=1S/C28H39N3O3/c1-8-12-29-16-20-9-10-21-11-13-31(27(34)28(5,6)7)24(22(21)15-20)26(33)30-23-14-17(2)25(32)19(4)18(23)3/h9-10,14-15,24,29,32H,8,11-13,16H2,1-7H3,(H,30,33). The summed E-state index contributed by atoms with van der Waals surface area (Å²) in [6.45, 7) is 15.5. The van der Waals surface area contributed by atoms with Crippen LogP contribution in [0.25, 0.3) is 0 Å². The van der Waals surface area contributed by atoms with Crippen molar-refractivity contribution >= 4 is 17.5 Å². The molecule has 2 aromatic carbocycles. The quantitative estimate of drug-likeness (QED) is 0.417. The molecule has 6 heteroatoms. The Hall–Kier alpha value is -2.86. The summed E-state index contributed by atoms with van der Waals surface area (Å²) < 4.78 is 0. The van der Waals surface area contributed by atoms with Gasteiger partial charge in [-0.2, -0.15) is 0 Å². The van der Waals surface area contributed by atoms with Gasteiger partial charge in [-0.25, -0.2) is 0 Å². The molecule has 1 aliphatic rings. The number of carbonyl (C=O) groups is 2. The molecule has 0 aliphatic carbocycles. The van der Waals surface area contributed by atoms with Crippen LogP contribution in [0.3, 0.4) is 0 Å². The molecule has 1 atom stereocenters. The predicted molar refractivity (Wildman–Crippen MR) is 137 cm³/mol. The molecule has 0 fully saturated rings. The minimum absolute atomic E-state index is 0.0393. The summed E-state index contributed by atoms with van der Waals surface area (Å²) in [6.07, 6.45) is 1.77. The first-order chi connectivity index (χ1) is 16.0. The molecule has 1 unspecified atom stereocenters. The first-order valence-corrected chi connectivity index (χ1v) is 12.2. The zero-order valence-electron chi connectivity index (χ0n) is 21.6. The van der Waals surface area contributed by atoms with Crippen molar-refractivity contribution in [2.24, 2.45) is 5.41 Å². The van der Waals surface area contributed by atoms with Gasteiger partial charge in [-0.1, -0.05) is 45.9 Å². The molecule has 1 heterocycles. The summed E-state index contributed by atoms with van der Waals surface area (Å²) in [5.41, 5.74) is 5.42. The number of fused-ring (bicyclic) bond motifs is 1. The van der Waals surface area contributed by atoms with Crippen LogP contribution in [0.2, 0.25) is 0 Å². The lowest BCUT2D eigenvalue weighted by molar-refractivity contribution is -0.146. The van der Waals surface area contributed by atoms with Crippen LogP contribution in [-0.4, -0.2) is 34.9 Å². The summed E-state index contributed by atoms with van der Waals surface area (Å²) >= 11 is 0. The molecule has 2 aromatic rings. The van der Waals surface area contributed by atoms with Crippen LogP contribution in [-0.2, 0) is 22.6 Å². The van der Waals surface area contributed by atoms with Crippen LogP contribution < -0.4 is 10.6 Å². The molecule has 0 aromatic heterocycles. The van der Waals surface area contributed by atoms with Gasteiger partial charge in [0.1, 0.15) is 11.8 Å². The minimum atomic E-state index is -0.713. The van der Waals surface area contributed by atoms with Crippen molar-refractivity contribution in [1.29, 1.82) is 0 Å². The molecule has 0 saturated heterocycles. The molecular weight excluding hydrogens is 426 g/mol. The molecule has 2 amide bonds. The van der Waals surface area contributed by atoms with E-state index < -0.39 is 11.5 Å². The van der Waals surface area contributed by atoms with Gasteiger partial charge in [-0.3, -0.25) is 9.59 Å². The van der Waals surface area contributed by atoms with E-state index in [0.29, 0.717) is 17.8 Å². The molecule has 184 valence electrons. The van der Waals surface area contributed by atoms with E-state index in [9.17, 15) is 14.7 Å². The second-order valence-electron chi connectivity index (χ2n) is 10.4. The Morgan fingerprint density at radius 1 is 1.12 bits per heavy atom. The minimum Gasteiger partial charge on any atom is -0.507 e. The Labute approximate surface area is 203 Å². The first-order valence-electron chi connectivity index (χ1n) is 12.2. The van der Waals surface area contributed by atoms with Crippen LogP contribution in [0.4, 0.5) is 5.69 Å². The maximum Gasteiger partial charge on any atom is 0.251 e. The van der Waals surface area contributed by atoms with Gasteiger partial charge in [0.25, 0.3) is 5.91 Å². The lowest BCUT2D eigenvalue weighted by Crippen LogP contribution is -2.49. The van der Waals surface area contributed by atoms with Crippen LogP contribution in [0.5, 0.6) is 5.75 Å². The van der Waals surface area contributed by atoms with Crippen LogP contribution in [0, 0.1) is 26.2 Å². The normalized spacial score (nSPS) is 15.7. The van der Waals surface area contributed by atoms with Gasteiger partial charge >= 0.3 is 0 Å². The Morgan fingerprint density at radius 3 is 2.47 bits per heavy atom.